The zero-order chi connectivity index (χ0) is 14.5. The minimum Gasteiger partial charge on any atom is -0.508 e. The van der Waals surface area contributed by atoms with Crippen LogP contribution in [0.2, 0.25) is 0 Å². The average Bonchev–Trinajstić information content (AvgIpc) is 2.68. The number of benzene rings is 1. The van der Waals surface area contributed by atoms with Crippen LogP contribution in [-0.4, -0.2) is 28.5 Å². The first-order valence-corrected chi connectivity index (χ1v) is 7.51. The predicted octanol–water partition coefficient (Wildman–Crippen LogP) is 2.54. The molecule has 0 aliphatic heterocycles. The van der Waals surface area contributed by atoms with E-state index in [0.717, 1.165) is 24.8 Å². The highest BCUT2D eigenvalue weighted by molar-refractivity contribution is 5.48. The fourth-order valence-corrected chi connectivity index (χ4v) is 5.11. The van der Waals surface area contributed by atoms with Crippen LogP contribution in [0.1, 0.15) is 50.2 Å². The van der Waals surface area contributed by atoms with E-state index in [-0.39, 0.29) is 41.6 Å². The molecule has 1 aromatic carbocycles. The van der Waals surface area contributed by atoms with Gasteiger partial charge in [0.05, 0.1) is 6.61 Å². The molecule has 3 rings (SSSR count). The Labute approximate surface area is 120 Å². The Kier molecular flexibility index (Phi) is 3.11. The SMILES string of the molecule is CC1(CO)CCCC2(C)c3ccc(O)cc3C(CO)C12. The Morgan fingerprint density at radius 3 is 2.60 bits per heavy atom. The van der Waals surface area contributed by atoms with Crippen LogP contribution in [0.4, 0.5) is 0 Å². The number of phenols is 1. The quantitative estimate of drug-likeness (QED) is 0.778. The third-order valence-corrected chi connectivity index (χ3v) is 5.89. The zero-order valence-corrected chi connectivity index (χ0v) is 12.3. The molecule has 4 atom stereocenters. The van der Waals surface area contributed by atoms with Crippen molar-refractivity contribution in [2.75, 3.05) is 13.2 Å². The van der Waals surface area contributed by atoms with Crippen LogP contribution in [0.5, 0.6) is 5.75 Å². The van der Waals surface area contributed by atoms with Gasteiger partial charge in [0.1, 0.15) is 5.75 Å². The Morgan fingerprint density at radius 1 is 1.20 bits per heavy atom. The average molecular weight is 276 g/mol. The summed E-state index contributed by atoms with van der Waals surface area (Å²) in [5, 5.41) is 29.6. The Bertz CT molecular complexity index is 527. The van der Waals surface area contributed by atoms with Crippen molar-refractivity contribution in [3.8, 4) is 5.75 Å². The summed E-state index contributed by atoms with van der Waals surface area (Å²) in [6.45, 7) is 4.63. The zero-order valence-electron chi connectivity index (χ0n) is 12.3. The van der Waals surface area contributed by atoms with Gasteiger partial charge in [0.25, 0.3) is 0 Å². The predicted molar refractivity (Wildman–Crippen MR) is 77.8 cm³/mol. The number of phenolic OH excluding ortho intramolecular Hbond substituents is 1. The molecule has 0 aromatic heterocycles. The largest absolute Gasteiger partial charge is 0.508 e. The summed E-state index contributed by atoms with van der Waals surface area (Å²) in [5.41, 5.74) is 2.15. The van der Waals surface area contributed by atoms with E-state index in [9.17, 15) is 15.3 Å². The fraction of sp³-hybridized carbons (Fsp3) is 0.647. The normalized spacial score (nSPS) is 39.4. The summed E-state index contributed by atoms with van der Waals surface area (Å²) >= 11 is 0. The van der Waals surface area contributed by atoms with E-state index < -0.39 is 0 Å². The lowest BCUT2D eigenvalue weighted by atomic mass is 9.54. The van der Waals surface area contributed by atoms with Crippen LogP contribution < -0.4 is 0 Å². The van der Waals surface area contributed by atoms with Gasteiger partial charge in [0.2, 0.25) is 0 Å². The number of fused-ring (bicyclic) bond motifs is 3. The molecule has 2 aliphatic carbocycles. The summed E-state index contributed by atoms with van der Waals surface area (Å²) in [4.78, 5) is 0. The van der Waals surface area contributed by atoms with E-state index in [1.165, 1.54) is 5.56 Å². The standard InChI is InChI=1S/C17H24O3/c1-16(10-19)6-3-7-17(2)14-5-4-11(20)8-12(14)13(9-18)15(16)17/h4-5,8,13,15,18-20H,3,6-7,9-10H2,1-2H3. The molecular weight excluding hydrogens is 252 g/mol. The first-order valence-electron chi connectivity index (χ1n) is 7.51. The van der Waals surface area contributed by atoms with Gasteiger partial charge in [-0.3, -0.25) is 0 Å². The monoisotopic (exact) mass is 276 g/mol. The van der Waals surface area contributed by atoms with Gasteiger partial charge in [-0.25, -0.2) is 0 Å². The van der Waals surface area contributed by atoms with Crippen LogP contribution >= 0.6 is 0 Å². The number of hydrogen-bond acceptors (Lipinski definition) is 3. The van der Waals surface area contributed by atoms with E-state index in [2.05, 4.69) is 13.8 Å². The smallest absolute Gasteiger partial charge is 0.115 e. The second-order valence-electron chi connectivity index (χ2n) is 7.12. The summed E-state index contributed by atoms with van der Waals surface area (Å²) < 4.78 is 0. The second-order valence-corrected chi connectivity index (χ2v) is 7.12. The van der Waals surface area contributed by atoms with Gasteiger partial charge in [0, 0.05) is 12.5 Å². The molecule has 3 N–H and O–H groups in total. The fourth-order valence-electron chi connectivity index (χ4n) is 5.11. The van der Waals surface area contributed by atoms with Gasteiger partial charge < -0.3 is 15.3 Å². The first kappa shape index (κ1) is 13.9. The van der Waals surface area contributed by atoms with Crippen LogP contribution in [0.3, 0.4) is 0 Å². The van der Waals surface area contributed by atoms with Gasteiger partial charge in [-0.2, -0.15) is 0 Å². The molecule has 110 valence electrons. The molecule has 0 saturated heterocycles. The first-order chi connectivity index (χ1) is 9.46. The van der Waals surface area contributed by atoms with Crippen LogP contribution in [0.25, 0.3) is 0 Å². The molecule has 2 aliphatic rings. The molecule has 3 heteroatoms. The Morgan fingerprint density at radius 2 is 1.95 bits per heavy atom. The van der Waals surface area contributed by atoms with Gasteiger partial charge >= 0.3 is 0 Å². The van der Waals surface area contributed by atoms with Crippen LogP contribution in [0.15, 0.2) is 18.2 Å². The number of hydrogen-bond donors (Lipinski definition) is 3. The molecule has 3 nitrogen and oxygen atoms in total. The highest BCUT2D eigenvalue weighted by atomic mass is 16.3. The molecular formula is C17H24O3. The van der Waals surface area contributed by atoms with Crippen LogP contribution in [0, 0.1) is 11.3 Å². The van der Waals surface area contributed by atoms with Crippen molar-refractivity contribution in [1.29, 1.82) is 0 Å². The lowest BCUT2D eigenvalue weighted by Gasteiger charge is -2.50. The Balaban J connectivity index is 2.19. The summed E-state index contributed by atoms with van der Waals surface area (Å²) in [7, 11) is 0. The molecule has 0 bridgehead atoms. The highest BCUT2D eigenvalue weighted by Gasteiger charge is 2.57. The summed E-state index contributed by atoms with van der Waals surface area (Å²) in [5.74, 6) is 0.505. The number of aliphatic hydroxyl groups is 2. The van der Waals surface area contributed by atoms with Gasteiger partial charge in [-0.1, -0.05) is 26.3 Å². The number of aliphatic hydroxyl groups excluding tert-OH is 2. The van der Waals surface area contributed by atoms with E-state index in [0.29, 0.717) is 0 Å². The Hall–Kier alpha value is -1.06. The number of aromatic hydroxyl groups is 1. The molecule has 4 unspecified atom stereocenters. The summed E-state index contributed by atoms with van der Waals surface area (Å²) in [6.07, 6.45) is 3.18. The molecule has 1 fully saturated rings. The molecule has 20 heavy (non-hydrogen) atoms. The van der Waals surface area contributed by atoms with Gasteiger partial charge in [-0.15, -0.1) is 0 Å². The van der Waals surface area contributed by atoms with Crippen molar-refractivity contribution in [1.82, 2.24) is 0 Å². The molecule has 1 aromatic rings. The third-order valence-electron chi connectivity index (χ3n) is 5.89. The van der Waals surface area contributed by atoms with Crippen molar-refractivity contribution in [3.05, 3.63) is 29.3 Å². The van der Waals surface area contributed by atoms with Crippen molar-refractivity contribution >= 4 is 0 Å². The maximum Gasteiger partial charge on any atom is 0.115 e. The molecule has 1 saturated carbocycles. The lowest BCUT2D eigenvalue weighted by molar-refractivity contribution is -0.0211. The molecule has 0 spiro atoms. The minimum atomic E-state index is -0.158. The minimum absolute atomic E-state index is 0.00778. The van der Waals surface area contributed by atoms with Crippen molar-refractivity contribution < 1.29 is 15.3 Å². The summed E-state index contributed by atoms with van der Waals surface area (Å²) in [6, 6.07) is 5.56. The van der Waals surface area contributed by atoms with Crippen LogP contribution in [-0.2, 0) is 5.41 Å². The van der Waals surface area contributed by atoms with Crippen molar-refractivity contribution in [2.45, 2.75) is 44.4 Å². The molecule has 0 amide bonds. The third kappa shape index (κ3) is 1.66. The van der Waals surface area contributed by atoms with Crippen molar-refractivity contribution in [3.63, 3.8) is 0 Å². The highest BCUT2D eigenvalue weighted by Crippen LogP contribution is 2.63. The van der Waals surface area contributed by atoms with E-state index in [1.54, 1.807) is 12.1 Å². The maximum atomic E-state index is 9.93. The molecule has 0 heterocycles. The number of rotatable bonds is 2. The molecule has 0 radical (unpaired) electrons. The van der Waals surface area contributed by atoms with E-state index >= 15 is 0 Å². The lowest BCUT2D eigenvalue weighted by Crippen LogP contribution is -2.47. The maximum absolute atomic E-state index is 9.93. The second kappa shape index (κ2) is 4.47. The topological polar surface area (TPSA) is 60.7 Å². The van der Waals surface area contributed by atoms with Gasteiger partial charge in [0.15, 0.2) is 0 Å². The van der Waals surface area contributed by atoms with E-state index in [4.69, 9.17) is 0 Å². The van der Waals surface area contributed by atoms with Crippen molar-refractivity contribution in [2.24, 2.45) is 11.3 Å². The van der Waals surface area contributed by atoms with E-state index in [1.807, 2.05) is 6.07 Å². The van der Waals surface area contributed by atoms with Gasteiger partial charge in [-0.05, 0) is 52.8 Å².